The van der Waals surface area contributed by atoms with Crippen LogP contribution in [-0.4, -0.2) is 42.3 Å². The fourth-order valence-corrected chi connectivity index (χ4v) is 2.82. The maximum atomic E-state index is 5.37. The van der Waals surface area contributed by atoms with Crippen molar-refractivity contribution < 1.29 is 4.74 Å². The summed E-state index contributed by atoms with van der Waals surface area (Å²) < 4.78 is 7.54. The van der Waals surface area contributed by atoms with Crippen LogP contribution in [0.5, 0.6) is 0 Å². The van der Waals surface area contributed by atoms with Gasteiger partial charge in [0.2, 0.25) is 0 Å². The Morgan fingerprint density at radius 1 is 1.16 bits per heavy atom. The zero-order valence-electron chi connectivity index (χ0n) is 11.6. The molecule has 1 fully saturated rings. The Kier molecular flexibility index (Phi) is 3.85. The molecule has 1 aromatic heterocycles. The topological polar surface area (TPSA) is 17.4 Å². The predicted octanol–water partition coefficient (Wildman–Crippen LogP) is 2.44. The van der Waals surface area contributed by atoms with E-state index in [9.17, 15) is 0 Å². The second-order valence-corrected chi connectivity index (χ2v) is 5.38. The molecule has 3 heteroatoms. The predicted molar refractivity (Wildman–Crippen MR) is 78.5 cm³/mol. The van der Waals surface area contributed by atoms with E-state index in [0.717, 1.165) is 26.3 Å². The van der Waals surface area contributed by atoms with E-state index in [4.69, 9.17) is 4.74 Å². The van der Waals surface area contributed by atoms with Gasteiger partial charge in [0.25, 0.3) is 0 Å². The summed E-state index contributed by atoms with van der Waals surface area (Å²) in [6.45, 7) is 5.18. The van der Waals surface area contributed by atoms with E-state index >= 15 is 0 Å². The molecular formula is C16H22N2O. The first-order valence-electron chi connectivity index (χ1n) is 7.17. The summed E-state index contributed by atoms with van der Waals surface area (Å²) in [5.74, 6) is 0. The number of nitrogens with zero attached hydrogens (tertiary/aromatic N) is 2. The van der Waals surface area contributed by atoms with Gasteiger partial charge < -0.3 is 9.30 Å². The number of aromatic nitrogens is 1. The standard InChI is InChI=1S/C16H22N2O/c1-17-8-6-15-13-14(4-5-16(15)17)3-2-7-18-9-11-19-12-10-18/h4-6,8,13H,2-3,7,9-12H2,1H3. The first-order chi connectivity index (χ1) is 9.33. The van der Waals surface area contributed by atoms with Crippen molar-refractivity contribution in [3.05, 3.63) is 36.0 Å². The van der Waals surface area contributed by atoms with Crippen molar-refractivity contribution in [3.63, 3.8) is 0 Å². The zero-order valence-corrected chi connectivity index (χ0v) is 11.6. The number of aryl methyl sites for hydroxylation is 2. The van der Waals surface area contributed by atoms with Gasteiger partial charge in [0.05, 0.1) is 13.2 Å². The lowest BCUT2D eigenvalue weighted by molar-refractivity contribution is 0.0375. The molecule has 1 aliphatic rings. The highest BCUT2D eigenvalue weighted by Crippen LogP contribution is 2.17. The van der Waals surface area contributed by atoms with Crippen LogP contribution < -0.4 is 0 Å². The van der Waals surface area contributed by atoms with E-state index in [1.807, 2.05) is 0 Å². The number of hydrogen-bond donors (Lipinski definition) is 0. The van der Waals surface area contributed by atoms with Gasteiger partial charge in [-0.1, -0.05) is 6.07 Å². The summed E-state index contributed by atoms with van der Waals surface area (Å²) in [7, 11) is 2.10. The van der Waals surface area contributed by atoms with Gasteiger partial charge in [0.15, 0.2) is 0 Å². The van der Waals surface area contributed by atoms with Gasteiger partial charge in [0, 0.05) is 31.9 Å². The van der Waals surface area contributed by atoms with Crippen molar-refractivity contribution in [1.29, 1.82) is 0 Å². The van der Waals surface area contributed by atoms with E-state index in [0.29, 0.717) is 0 Å². The van der Waals surface area contributed by atoms with Crippen molar-refractivity contribution in [2.45, 2.75) is 12.8 Å². The van der Waals surface area contributed by atoms with E-state index in [1.54, 1.807) is 0 Å². The Morgan fingerprint density at radius 2 is 2.00 bits per heavy atom. The van der Waals surface area contributed by atoms with Crippen LogP contribution >= 0.6 is 0 Å². The number of fused-ring (bicyclic) bond motifs is 1. The Morgan fingerprint density at radius 3 is 2.84 bits per heavy atom. The van der Waals surface area contributed by atoms with Crippen LogP contribution in [0.15, 0.2) is 30.5 Å². The quantitative estimate of drug-likeness (QED) is 0.838. The second-order valence-electron chi connectivity index (χ2n) is 5.38. The molecule has 0 bridgehead atoms. The van der Waals surface area contributed by atoms with Crippen molar-refractivity contribution in [2.24, 2.45) is 7.05 Å². The SMILES string of the molecule is Cn1ccc2cc(CCCN3CCOCC3)ccc21. The molecule has 3 nitrogen and oxygen atoms in total. The monoisotopic (exact) mass is 258 g/mol. The highest BCUT2D eigenvalue weighted by Gasteiger charge is 2.09. The molecule has 1 aromatic carbocycles. The molecule has 0 saturated carbocycles. The van der Waals surface area contributed by atoms with Gasteiger partial charge >= 0.3 is 0 Å². The average Bonchev–Trinajstić information content (AvgIpc) is 2.81. The van der Waals surface area contributed by atoms with Crippen LogP contribution in [0.3, 0.4) is 0 Å². The molecule has 0 N–H and O–H groups in total. The molecule has 102 valence electrons. The largest absolute Gasteiger partial charge is 0.379 e. The molecule has 0 atom stereocenters. The highest BCUT2D eigenvalue weighted by atomic mass is 16.5. The minimum atomic E-state index is 0.899. The van der Waals surface area contributed by atoms with Crippen molar-refractivity contribution in [1.82, 2.24) is 9.47 Å². The molecule has 1 aliphatic heterocycles. The minimum absolute atomic E-state index is 0.899. The number of benzene rings is 1. The van der Waals surface area contributed by atoms with Crippen LogP contribution in [0.2, 0.25) is 0 Å². The normalized spacial score (nSPS) is 17.1. The van der Waals surface area contributed by atoms with Gasteiger partial charge in [-0.2, -0.15) is 0 Å². The van der Waals surface area contributed by atoms with Gasteiger partial charge in [-0.3, -0.25) is 4.90 Å². The third-order valence-corrected chi connectivity index (χ3v) is 3.99. The lowest BCUT2D eigenvalue weighted by Gasteiger charge is -2.26. The fourth-order valence-electron chi connectivity index (χ4n) is 2.82. The molecule has 0 amide bonds. The van der Waals surface area contributed by atoms with Crippen molar-refractivity contribution >= 4 is 10.9 Å². The lowest BCUT2D eigenvalue weighted by atomic mass is 10.1. The maximum Gasteiger partial charge on any atom is 0.0594 e. The van der Waals surface area contributed by atoms with E-state index < -0.39 is 0 Å². The number of morpholine rings is 1. The summed E-state index contributed by atoms with van der Waals surface area (Å²) in [6, 6.07) is 9.02. The molecule has 3 rings (SSSR count). The molecule has 0 radical (unpaired) electrons. The Balaban J connectivity index is 1.56. The van der Waals surface area contributed by atoms with E-state index in [1.165, 1.54) is 35.9 Å². The maximum absolute atomic E-state index is 5.37. The fraction of sp³-hybridized carbons (Fsp3) is 0.500. The molecule has 2 heterocycles. The first kappa shape index (κ1) is 12.7. The third kappa shape index (κ3) is 2.99. The minimum Gasteiger partial charge on any atom is -0.379 e. The van der Waals surface area contributed by atoms with Gasteiger partial charge in [-0.15, -0.1) is 0 Å². The number of rotatable bonds is 4. The molecule has 0 unspecified atom stereocenters. The summed E-state index contributed by atoms with van der Waals surface area (Å²) in [5.41, 5.74) is 2.77. The summed E-state index contributed by atoms with van der Waals surface area (Å²) >= 11 is 0. The first-order valence-corrected chi connectivity index (χ1v) is 7.17. The summed E-state index contributed by atoms with van der Waals surface area (Å²) in [4.78, 5) is 2.50. The Labute approximate surface area is 114 Å². The molecule has 19 heavy (non-hydrogen) atoms. The summed E-state index contributed by atoms with van der Waals surface area (Å²) in [5, 5.41) is 1.35. The third-order valence-electron chi connectivity index (χ3n) is 3.99. The smallest absolute Gasteiger partial charge is 0.0594 e. The molecule has 2 aromatic rings. The Hall–Kier alpha value is -1.32. The molecule has 0 aliphatic carbocycles. The lowest BCUT2D eigenvalue weighted by Crippen LogP contribution is -2.36. The number of ether oxygens (including phenoxy) is 1. The van der Waals surface area contributed by atoms with Crippen molar-refractivity contribution in [2.75, 3.05) is 32.8 Å². The van der Waals surface area contributed by atoms with Crippen LogP contribution in [0.4, 0.5) is 0 Å². The van der Waals surface area contributed by atoms with Gasteiger partial charge in [-0.05, 0) is 48.5 Å². The van der Waals surface area contributed by atoms with Crippen LogP contribution in [0.25, 0.3) is 10.9 Å². The Bertz CT molecular complexity index is 541. The average molecular weight is 258 g/mol. The van der Waals surface area contributed by atoms with Crippen molar-refractivity contribution in [3.8, 4) is 0 Å². The second kappa shape index (κ2) is 5.76. The van der Waals surface area contributed by atoms with Gasteiger partial charge in [-0.25, -0.2) is 0 Å². The summed E-state index contributed by atoms with van der Waals surface area (Å²) in [6.07, 6.45) is 4.53. The van der Waals surface area contributed by atoms with Gasteiger partial charge in [0.1, 0.15) is 0 Å². The van der Waals surface area contributed by atoms with Crippen LogP contribution in [-0.2, 0) is 18.2 Å². The zero-order chi connectivity index (χ0) is 13.1. The van der Waals surface area contributed by atoms with E-state index in [2.05, 4.69) is 47.0 Å². The highest BCUT2D eigenvalue weighted by molar-refractivity contribution is 5.80. The molecular weight excluding hydrogens is 236 g/mol. The van der Waals surface area contributed by atoms with Crippen LogP contribution in [0.1, 0.15) is 12.0 Å². The molecule has 0 spiro atoms. The number of hydrogen-bond acceptors (Lipinski definition) is 2. The van der Waals surface area contributed by atoms with E-state index in [-0.39, 0.29) is 0 Å². The molecule has 1 saturated heterocycles. The van der Waals surface area contributed by atoms with Crippen LogP contribution in [0, 0.1) is 0 Å².